The molecule has 5 heteroatoms. The number of carbonyl (C=O) groups excluding carboxylic acids is 1. The van der Waals surface area contributed by atoms with Crippen LogP contribution < -0.4 is 5.32 Å². The molecule has 3 nitrogen and oxygen atoms in total. The zero-order chi connectivity index (χ0) is 16.8. The average Bonchev–Trinajstić information content (AvgIpc) is 3.10. The van der Waals surface area contributed by atoms with E-state index in [1.165, 1.54) is 11.8 Å². The van der Waals surface area contributed by atoms with Crippen LogP contribution in [-0.4, -0.2) is 16.6 Å². The van der Waals surface area contributed by atoms with Crippen LogP contribution in [0.25, 0.3) is 11.3 Å². The predicted octanol–water partition coefficient (Wildman–Crippen LogP) is 4.78. The summed E-state index contributed by atoms with van der Waals surface area (Å²) in [6.45, 7) is 1.99. The number of amides is 1. The van der Waals surface area contributed by atoms with E-state index in [1.807, 2.05) is 73.0 Å². The number of hydrogen-bond acceptors (Lipinski definition) is 4. The Morgan fingerprint density at radius 3 is 2.50 bits per heavy atom. The van der Waals surface area contributed by atoms with E-state index in [9.17, 15) is 4.79 Å². The highest BCUT2D eigenvalue weighted by Crippen LogP contribution is 2.28. The van der Waals surface area contributed by atoms with Crippen LogP contribution in [0.4, 0.5) is 0 Å². The maximum Gasteiger partial charge on any atom is 0.230 e. The molecule has 1 N–H and O–H groups in total. The Kier molecular flexibility index (Phi) is 5.67. The average molecular weight is 355 g/mol. The number of thiazole rings is 1. The van der Waals surface area contributed by atoms with Crippen LogP contribution in [-0.2, 0) is 4.79 Å². The molecule has 3 aromatic rings. The van der Waals surface area contributed by atoms with Gasteiger partial charge in [-0.15, -0.1) is 11.3 Å². The van der Waals surface area contributed by atoms with Gasteiger partial charge in [-0.3, -0.25) is 4.79 Å². The van der Waals surface area contributed by atoms with Gasteiger partial charge in [0.15, 0.2) is 4.34 Å². The molecule has 0 saturated heterocycles. The first-order valence-electron chi connectivity index (χ1n) is 7.70. The lowest BCUT2D eigenvalue weighted by atomic mass is 10.1. The summed E-state index contributed by atoms with van der Waals surface area (Å²) >= 11 is 3.05. The van der Waals surface area contributed by atoms with Gasteiger partial charge in [0.2, 0.25) is 5.91 Å². The number of aromatic nitrogens is 1. The molecule has 0 aliphatic rings. The summed E-state index contributed by atoms with van der Waals surface area (Å²) < 4.78 is 0.913. The van der Waals surface area contributed by atoms with Crippen LogP contribution in [0.1, 0.15) is 18.5 Å². The molecule has 0 fully saturated rings. The van der Waals surface area contributed by atoms with Gasteiger partial charge in [0, 0.05) is 10.9 Å². The van der Waals surface area contributed by atoms with Crippen molar-refractivity contribution in [2.75, 3.05) is 5.75 Å². The minimum atomic E-state index is 0.00970. The van der Waals surface area contributed by atoms with Gasteiger partial charge in [0.05, 0.1) is 17.5 Å². The fraction of sp³-hybridized carbons (Fsp3) is 0.158. The SMILES string of the molecule is C[C@@H](NC(=O)CSc1nc(-c2ccccc2)cs1)c1ccccc1. The number of nitrogens with zero attached hydrogens (tertiary/aromatic N) is 1. The lowest BCUT2D eigenvalue weighted by Crippen LogP contribution is -2.28. The summed E-state index contributed by atoms with van der Waals surface area (Å²) in [5, 5.41) is 5.05. The van der Waals surface area contributed by atoms with Crippen molar-refractivity contribution >= 4 is 29.0 Å². The van der Waals surface area contributed by atoms with Gasteiger partial charge in [-0.2, -0.15) is 0 Å². The summed E-state index contributed by atoms with van der Waals surface area (Å²) in [5.74, 6) is 0.395. The molecule has 0 aliphatic carbocycles. The van der Waals surface area contributed by atoms with E-state index >= 15 is 0 Å². The maximum atomic E-state index is 12.1. The highest BCUT2D eigenvalue weighted by molar-refractivity contribution is 8.01. The summed E-state index contributed by atoms with van der Waals surface area (Å²) in [6.07, 6.45) is 0. The topological polar surface area (TPSA) is 42.0 Å². The molecule has 0 saturated carbocycles. The van der Waals surface area contributed by atoms with E-state index in [1.54, 1.807) is 11.3 Å². The van der Waals surface area contributed by atoms with Crippen LogP contribution in [0.2, 0.25) is 0 Å². The van der Waals surface area contributed by atoms with Crippen LogP contribution in [0.15, 0.2) is 70.4 Å². The minimum absolute atomic E-state index is 0.00970. The van der Waals surface area contributed by atoms with Gasteiger partial charge >= 0.3 is 0 Å². The predicted molar refractivity (Wildman–Crippen MR) is 101 cm³/mol. The molecule has 1 aromatic heterocycles. The van der Waals surface area contributed by atoms with Crippen molar-refractivity contribution in [3.8, 4) is 11.3 Å². The third kappa shape index (κ3) is 4.46. The van der Waals surface area contributed by atoms with Crippen molar-refractivity contribution in [3.63, 3.8) is 0 Å². The number of rotatable bonds is 6. The minimum Gasteiger partial charge on any atom is -0.349 e. The molecule has 0 unspecified atom stereocenters. The first kappa shape index (κ1) is 16.7. The van der Waals surface area contributed by atoms with Crippen LogP contribution >= 0.6 is 23.1 Å². The highest BCUT2D eigenvalue weighted by atomic mass is 32.2. The maximum absolute atomic E-state index is 12.1. The lowest BCUT2D eigenvalue weighted by Gasteiger charge is -2.13. The van der Waals surface area contributed by atoms with Crippen molar-refractivity contribution in [3.05, 3.63) is 71.6 Å². The fourth-order valence-electron chi connectivity index (χ4n) is 2.30. The van der Waals surface area contributed by atoms with Crippen LogP contribution in [0.5, 0.6) is 0 Å². The van der Waals surface area contributed by atoms with Crippen molar-refractivity contribution in [1.82, 2.24) is 10.3 Å². The molecule has 1 heterocycles. The molecule has 0 bridgehead atoms. The van der Waals surface area contributed by atoms with Gasteiger partial charge < -0.3 is 5.32 Å². The second-order valence-electron chi connectivity index (χ2n) is 5.35. The van der Waals surface area contributed by atoms with Gasteiger partial charge in [0.25, 0.3) is 0 Å². The number of benzene rings is 2. The summed E-state index contributed by atoms with van der Waals surface area (Å²) in [7, 11) is 0. The molecule has 122 valence electrons. The third-order valence-corrected chi connectivity index (χ3v) is 5.58. The standard InChI is InChI=1S/C19H18N2OS2/c1-14(15-8-4-2-5-9-15)20-18(22)13-24-19-21-17(12-23-19)16-10-6-3-7-11-16/h2-12,14H,13H2,1H3,(H,20,22)/t14-/m1/s1. The second-order valence-corrected chi connectivity index (χ2v) is 7.43. The summed E-state index contributed by atoms with van der Waals surface area (Å²) in [5.41, 5.74) is 3.17. The number of hydrogen-bond donors (Lipinski definition) is 1. The van der Waals surface area contributed by atoms with E-state index in [0.717, 1.165) is 21.2 Å². The van der Waals surface area contributed by atoms with E-state index in [4.69, 9.17) is 0 Å². The van der Waals surface area contributed by atoms with E-state index in [2.05, 4.69) is 10.3 Å². The van der Waals surface area contributed by atoms with Gasteiger partial charge in [-0.25, -0.2) is 4.98 Å². The molecule has 24 heavy (non-hydrogen) atoms. The normalized spacial score (nSPS) is 11.9. The number of thioether (sulfide) groups is 1. The zero-order valence-corrected chi connectivity index (χ0v) is 14.9. The summed E-state index contributed by atoms with van der Waals surface area (Å²) in [4.78, 5) is 16.7. The first-order valence-corrected chi connectivity index (χ1v) is 9.57. The van der Waals surface area contributed by atoms with Crippen molar-refractivity contribution in [2.24, 2.45) is 0 Å². The zero-order valence-electron chi connectivity index (χ0n) is 13.3. The van der Waals surface area contributed by atoms with Crippen molar-refractivity contribution in [2.45, 2.75) is 17.3 Å². The Morgan fingerprint density at radius 1 is 1.12 bits per heavy atom. The molecular weight excluding hydrogens is 336 g/mol. The monoisotopic (exact) mass is 354 g/mol. The Balaban J connectivity index is 1.53. The Hall–Kier alpha value is -2.11. The third-order valence-electron chi connectivity index (χ3n) is 3.56. The quantitative estimate of drug-likeness (QED) is 0.648. The molecular formula is C19H18N2OS2. The molecule has 1 atom stereocenters. The summed E-state index contributed by atoms with van der Waals surface area (Å²) in [6, 6.07) is 20.0. The second kappa shape index (κ2) is 8.13. The Labute approximate surface area is 150 Å². The lowest BCUT2D eigenvalue weighted by molar-refractivity contribution is -0.119. The molecule has 3 rings (SSSR count). The van der Waals surface area contributed by atoms with E-state index in [0.29, 0.717) is 5.75 Å². The van der Waals surface area contributed by atoms with E-state index < -0.39 is 0 Å². The Bertz CT molecular complexity index is 787. The molecule has 2 aromatic carbocycles. The Morgan fingerprint density at radius 2 is 1.79 bits per heavy atom. The molecule has 0 aliphatic heterocycles. The largest absolute Gasteiger partial charge is 0.349 e. The molecule has 0 radical (unpaired) electrons. The smallest absolute Gasteiger partial charge is 0.230 e. The van der Waals surface area contributed by atoms with Gasteiger partial charge in [-0.05, 0) is 12.5 Å². The van der Waals surface area contributed by atoms with Crippen molar-refractivity contribution in [1.29, 1.82) is 0 Å². The van der Waals surface area contributed by atoms with Crippen LogP contribution in [0, 0.1) is 0 Å². The van der Waals surface area contributed by atoms with E-state index in [-0.39, 0.29) is 11.9 Å². The van der Waals surface area contributed by atoms with Gasteiger partial charge in [-0.1, -0.05) is 72.4 Å². The van der Waals surface area contributed by atoms with Crippen molar-refractivity contribution < 1.29 is 4.79 Å². The number of nitrogens with one attached hydrogen (secondary N) is 1. The fourth-order valence-corrected chi connectivity index (χ4v) is 3.95. The molecule has 0 spiro atoms. The molecule has 1 amide bonds. The van der Waals surface area contributed by atoms with Crippen LogP contribution in [0.3, 0.4) is 0 Å². The van der Waals surface area contributed by atoms with Gasteiger partial charge in [0.1, 0.15) is 0 Å². The number of carbonyl (C=O) groups is 1. The highest BCUT2D eigenvalue weighted by Gasteiger charge is 2.11. The first-order chi connectivity index (χ1) is 11.7.